The number of hydrogen-bond donors (Lipinski definition) is 3. The Kier molecular flexibility index (Phi) is 7.61. The molecule has 13 heteroatoms. The molecule has 9 nitrogen and oxygen atoms in total. The first-order valence-electron chi connectivity index (χ1n) is 10.3. The largest absolute Gasteiger partial charge is 0.573 e. The molecular formula is C23H19F4N3O6. The maximum Gasteiger partial charge on any atom is 0.573 e. The summed E-state index contributed by atoms with van der Waals surface area (Å²) in [6, 6.07) is 4.03. The molecule has 0 aromatic heterocycles. The van der Waals surface area contributed by atoms with E-state index in [1.165, 1.54) is 31.4 Å². The van der Waals surface area contributed by atoms with E-state index in [0.717, 1.165) is 35.2 Å². The quantitative estimate of drug-likeness (QED) is 0.389. The molecule has 36 heavy (non-hydrogen) atoms. The molecule has 190 valence electrons. The van der Waals surface area contributed by atoms with E-state index in [4.69, 9.17) is 0 Å². The molecule has 0 aliphatic carbocycles. The molecule has 1 aliphatic rings. The van der Waals surface area contributed by atoms with Crippen LogP contribution in [0.4, 0.5) is 22.4 Å². The maximum atomic E-state index is 14.4. The second kappa shape index (κ2) is 10.5. The summed E-state index contributed by atoms with van der Waals surface area (Å²) in [5.41, 5.74) is 0.187. The highest BCUT2D eigenvalue weighted by molar-refractivity contribution is 6.14. The molecule has 3 amide bonds. The summed E-state index contributed by atoms with van der Waals surface area (Å²) in [5.74, 6) is -4.18. The monoisotopic (exact) mass is 509 g/mol. The van der Waals surface area contributed by atoms with Crippen LogP contribution in [-0.4, -0.2) is 53.1 Å². The zero-order valence-corrected chi connectivity index (χ0v) is 18.5. The highest BCUT2D eigenvalue weighted by Gasteiger charge is 2.33. The standard InChI is InChI=1S/C23H19F4N3O6/c1-30-6-5-18(31)20(21(30)34)29-22(35)28-17(11-19(32)33)14-7-13(8-15(24)9-14)12-3-2-4-16(10-12)36-23(25,26)27/h2-10,17,20H,11H2,1H3,(H,32,33)(H2,28,29,35). The minimum absolute atomic E-state index is 0.0250. The van der Waals surface area contributed by atoms with E-state index in [-0.39, 0.29) is 16.7 Å². The summed E-state index contributed by atoms with van der Waals surface area (Å²) in [6.07, 6.45) is -3.35. The molecule has 2 aromatic rings. The smallest absolute Gasteiger partial charge is 0.481 e. The number of carbonyl (C=O) groups is 4. The molecule has 0 fully saturated rings. The van der Waals surface area contributed by atoms with E-state index in [9.17, 15) is 41.8 Å². The molecule has 1 aliphatic heterocycles. The average Bonchev–Trinajstić information content (AvgIpc) is 2.77. The number of carbonyl (C=O) groups excluding carboxylic acids is 3. The number of alkyl halides is 3. The predicted octanol–water partition coefficient (Wildman–Crippen LogP) is 3.13. The first-order chi connectivity index (χ1) is 16.8. The van der Waals surface area contributed by atoms with Crippen LogP contribution in [0.3, 0.4) is 0 Å². The van der Waals surface area contributed by atoms with Crippen LogP contribution in [0.2, 0.25) is 0 Å². The van der Waals surface area contributed by atoms with Crippen molar-refractivity contribution in [1.29, 1.82) is 0 Å². The van der Waals surface area contributed by atoms with Crippen LogP contribution >= 0.6 is 0 Å². The van der Waals surface area contributed by atoms with Crippen molar-refractivity contribution in [3.63, 3.8) is 0 Å². The van der Waals surface area contributed by atoms with Gasteiger partial charge in [0.15, 0.2) is 11.8 Å². The predicted molar refractivity (Wildman–Crippen MR) is 116 cm³/mol. The lowest BCUT2D eigenvalue weighted by Gasteiger charge is -2.25. The summed E-state index contributed by atoms with van der Waals surface area (Å²) >= 11 is 0. The van der Waals surface area contributed by atoms with E-state index in [1.54, 1.807) is 0 Å². The van der Waals surface area contributed by atoms with Gasteiger partial charge in [0.1, 0.15) is 11.6 Å². The second-order valence-corrected chi connectivity index (χ2v) is 7.72. The fourth-order valence-electron chi connectivity index (χ4n) is 3.42. The number of ketones is 1. The number of carboxylic acids is 1. The molecule has 0 bridgehead atoms. The first kappa shape index (κ1) is 26.2. The van der Waals surface area contributed by atoms with Crippen molar-refractivity contribution in [1.82, 2.24) is 15.5 Å². The van der Waals surface area contributed by atoms with E-state index in [1.807, 2.05) is 0 Å². The highest BCUT2D eigenvalue weighted by atomic mass is 19.4. The number of urea groups is 1. The van der Waals surface area contributed by atoms with Crippen LogP contribution in [0.5, 0.6) is 5.75 Å². The van der Waals surface area contributed by atoms with Crippen LogP contribution in [0.15, 0.2) is 54.7 Å². The third-order valence-corrected chi connectivity index (χ3v) is 5.02. The molecule has 1 heterocycles. The Hall–Kier alpha value is -4.42. The van der Waals surface area contributed by atoms with Gasteiger partial charge >= 0.3 is 18.4 Å². The minimum Gasteiger partial charge on any atom is -0.481 e. The lowest BCUT2D eigenvalue weighted by atomic mass is 9.97. The molecule has 0 saturated heterocycles. The number of halogens is 4. The van der Waals surface area contributed by atoms with Gasteiger partial charge in [0, 0.05) is 19.3 Å². The number of rotatable bonds is 7. The van der Waals surface area contributed by atoms with E-state index in [0.29, 0.717) is 0 Å². The van der Waals surface area contributed by atoms with E-state index in [2.05, 4.69) is 15.4 Å². The van der Waals surface area contributed by atoms with E-state index < -0.39 is 60.1 Å². The van der Waals surface area contributed by atoms with Crippen molar-refractivity contribution in [3.05, 3.63) is 66.1 Å². The van der Waals surface area contributed by atoms with Gasteiger partial charge in [-0.15, -0.1) is 13.2 Å². The number of ether oxygens (including phenoxy) is 1. The van der Waals surface area contributed by atoms with Gasteiger partial charge in [-0.1, -0.05) is 12.1 Å². The van der Waals surface area contributed by atoms with Gasteiger partial charge in [0.2, 0.25) is 0 Å². The fourth-order valence-corrected chi connectivity index (χ4v) is 3.42. The number of carboxylic acid groups (broad SMARTS) is 1. The lowest BCUT2D eigenvalue weighted by molar-refractivity contribution is -0.274. The van der Waals surface area contributed by atoms with E-state index >= 15 is 0 Å². The van der Waals surface area contributed by atoms with Crippen LogP contribution in [0, 0.1) is 5.82 Å². The Morgan fingerprint density at radius 3 is 2.53 bits per heavy atom. The van der Waals surface area contributed by atoms with Gasteiger partial charge in [-0.3, -0.25) is 14.4 Å². The number of aliphatic carboxylic acids is 1. The number of likely N-dealkylation sites (N-methyl/N-ethyl adjacent to an activating group) is 1. The number of amides is 3. The summed E-state index contributed by atoms with van der Waals surface area (Å²) in [7, 11) is 1.37. The third-order valence-electron chi connectivity index (χ3n) is 5.02. The number of benzene rings is 2. The Balaban J connectivity index is 1.87. The lowest BCUT2D eigenvalue weighted by Crippen LogP contribution is -2.55. The summed E-state index contributed by atoms with van der Waals surface area (Å²) < 4.78 is 56.0. The van der Waals surface area contributed by atoms with Crippen LogP contribution < -0.4 is 15.4 Å². The van der Waals surface area contributed by atoms with Gasteiger partial charge < -0.3 is 25.4 Å². The summed E-state index contributed by atoms with van der Waals surface area (Å²) in [5, 5.41) is 13.7. The van der Waals surface area contributed by atoms with Gasteiger partial charge in [-0.2, -0.15) is 0 Å². The second-order valence-electron chi connectivity index (χ2n) is 7.72. The average molecular weight is 509 g/mol. The van der Waals surface area contributed by atoms with Crippen LogP contribution in [-0.2, 0) is 14.4 Å². The van der Waals surface area contributed by atoms with Gasteiger partial charge in [-0.05, 0) is 47.0 Å². The van der Waals surface area contributed by atoms with Crippen molar-refractivity contribution >= 4 is 23.7 Å². The molecule has 0 radical (unpaired) electrons. The van der Waals surface area contributed by atoms with Crippen molar-refractivity contribution in [2.45, 2.75) is 24.9 Å². The summed E-state index contributed by atoms with van der Waals surface area (Å²) in [4.78, 5) is 49.1. The van der Waals surface area contributed by atoms with Crippen LogP contribution in [0.1, 0.15) is 18.0 Å². The highest BCUT2D eigenvalue weighted by Crippen LogP contribution is 2.30. The van der Waals surface area contributed by atoms with Crippen LogP contribution in [0.25, 0.3) is 11.1 Å². The fraction of sp³-hybridized carbons (Fsp3) is 0.217. The van der Waals surface area contributed by atoms with Gasteiger partial charge in [0.25, 0.3) is 5.91 Å². The maximum absolute atomic E-state index is 14.4. The molecule has 0 spiro atoms. The molecule has 2 aromatic carbocycles. The number of hydrogen-bond acceptors (Lipinski definition) is 5. The Morgan fingerprint density at radius 2 is 1.86 bits per heavy atom. The topological polar surface area (TPSA) is 125 Å². The third kappa shape index (κ3) is 6.81. The van der Waals surface area contributed by atoms with Crippen molar-refractivity contribution in [3.8, 4) is 16.9 Å². The Bertz CT molecular complexity index is 1230. The zero-order valence-electron chi connectivity index (χ0n) is 18.5. The SMILES string of the molecule is CN1C=CC(=O)C(NC(=O)NC(CC(=O)O)c2cc(F)cc(-c3cccc(OC(F)(F)F)c3)c2)C1=O. The normalized spacial score (nSPS) is 16.5. The van der Waals surface area contributed by atoms with Crippen molar-refractivity contribution < 1.29 is 46.6 Å². The molecular weight excluding hydrogens is 490 g/mol. The Labute approximate surface area is 201 Å². The van der Waals surface area contributed by atoms with Gasteiger partial charge in [-0.25, -0.2) is 9.18 Å². The molecule has 3 N–H and O–H groups in total. The molecule has 0 saturated carbocycles. The van der Waals surface area contributed by atoms with Crippen molar-refractivity contribution in [2.24, 2.45) is 0 Å². The summed E-state index contributed by atoms with van der Waals surface area (Å²) in [6.45, 7) is 0. The Morgan fingerprint density at radius 1 is 1.14 bits per heavy atom. The number of nitrogens with one attached hydrogen (secondary N) is 2. The van der Waals surface area contributed by atoms with Crippen molar-refractivity contribution in [2.75, 3.05) is 7.05 Å². The first-order valence-corrected chi connectivity index (χ1v) is 10.3. The van der Waals surface area contributed by atoms with Gasteiger partial charge in [0.05, 0.1) is 12.5 Å². The molecule has 2 unspecified atom stereocenters. The minimum atomic E-state index is -4.94. The molecule has 2 atom stereocenters. The zero-order chi connectivity index (χ0) is 26.6. The number of nitrogens with zero attached hydrogens (tertiary/aromatic N) is 1. The molecule has 3 rings (SSSR count).